The number of halogens is 1. The number of hydrogen-bond donors (Lipinski definition) is 0. The molecular weight excluding hydrogens is 419 g/mol. The highest BCUT2D eigenvalue weighted by Gasteiger charge is 2.24. The Labute approximate surface area is 178 Å². The van der Waals surface area contributed by atoms with Gasteiger partial charge in [0.15, 0.2) is 21.1 Å². The number of oxazole rings is 1. The Morgan fingerprint density at radius 1 is 1.06 bits per heavy atom. The van der Waals surface area contributed by atoms with Gasteiger partial charge in [0.05, 0.1) is 11.3 Å². The summed E-state index contributed by atoms with van der Waals surface area (Å²) >= 11 is 0. The van der Waals surface area contributed by atoms with Gasteiger partial charge in [-0.2, -0.15) is 4.98 Å². The zero-order valence-electron chi connectivity index (χ0n) is 16.7. The third-order valence-corrected chi connectivity index (χ3v) is 6.12. The van der Waals surface area contributed by atoms with Gasteiger partial charge in [-0.3, -0.25) is 4.79 Å². The van der Waals surface area contributed by atoms with Crippen molar-refractivity contribution in [3.05, 3.63) is 89.7 Å². The molecule has 0 fully saturated rings. The highest BCUT2D eigenvalue weighted by Crippen LogP contribution is 2.26. The zero-order chi connectivity index (χ0) is 22.0. The van der Waals surface area contributed by atoms with Crippen LogP contribution in [-0.4, -0.2) is 30.4 Å². The average Bonchev–Trinajstić information content (AvgIpc) is 3.15. The van der Waals surface area contributed by atoms with E-state index in [4.69, 9.17) is 4.42 Å². The molecule has 0 aliphatic heterocycles. The first-order valence-electron chi connectivity index (χ1n) is 9.57. The molecule has 1 atom stereocenters. The Hall–Kier alpha value is -3.39. The molecule has 31 heavy (non-hydrogen) atoms. The number of sulfone groups is 1. The highest BCUT2D eigenvalue weighted by molar-refractivity contribution is 7.90. The van der Waals surface area contributed by atoms with Crippen LogP contribution in [0.2, 0.25) is 0 Å². The summed E-state index contributed by atoms with van der Waals surface area (Å²) in [4.78, 5) is 21.8. The van der Waals surface area contributed by atoms with Crippen LogP contribution < -0.4 is 0 Å². The first kappa shape index (κ1) is 20.9. The number of Topliss-reactive ketones (excluding diaryl/α,β-unsaturated/α-hetero) is 1. The third-order valence-electron chi connectivity index (χ3n) is 4.99. The van der Waals surface area contributed by atoms with Crippen LogP contribution in [0.25, 0.3) is 11.2 Å². The molecule has 0 radical (unpaired) electrons. The molecule has 4 rings (SSSR count). The van der Waals surface area contributed by atoms with Crippen molar-refractivity contribution in [3.8, 4) is 0 Å². The zero-order valence-corrected chi connectivity index (χ0v) is 17.5. The fraction of sp³-hybridized carbons (Fsp3) is 0.174. The van der Waals surface area contributed by atoms with Gasteiger partial charge in [-0.1, -0.05) is 24.3 Å². The summed E-state index contributed by atoms with van der Waals surface area (Å²) in [6.45, 7) is 0. The van der Waals surface area contributed by atoms with Crippen LogP contribution in [0.1, 0.15) is 22.9 Å². The van der Waals surface area contributed by atoms with E-state index >= 15 is 0 Å². The van der Waals surface area contributed by atoms with Crippen LogP contribution in [0, 0.1) is 5.82 Å². The quantitative estimate of drug-likeness (QED) is 0.435. The first-order valence-corrected chi connectivity index (χ1v) is 11.5. The van der Waals surface area contributed by atoms with E-state index in [1.54, 1.807) is 42.6 Å². The minimum Gasteiger partial charge on any atom is -0.438 e. The number of aromatic nitrogens is 2. The Kier molecular flexibility index (Phi) is 5.65. The molecule has 0 saturated heterocycles. The lowest BCUT2D eigenvalue weighted by atomic mass is 9.87. The summed E-state index contributed by atoms with van der Waals surface area (Å²) in [7, 11) is -3.35. The summed E-state index contributed by atoms with van der Waals surface area (Å²) in [5, 5.41) is 0. The molecule has 0 spiro atoms. The highest BCUT2D eigenvalue weighted by atomic mass is 32.2. The van der Waals surface area contributed by atoms with Crippen molar-refractivity contribution in [3.63, 3.8) is 0 Å². The second-order valence-corrected chi connectivity index (χ2v) is 9.32. The van der Waals surface area contributed by atoms with Crippen molar-refractivity contribution >= 4 is 26.9 Å². The van der Waals surface area contributed by atoms with Crippen molar-refractivity contribution < 1.29 is 22.0 Å². The summed E-state index contributed by atoms with van der Waals surface area (Å²) < 4.78 is 42.5. The van der Waals surface area contributed by atoms with Gasteiger partial charge < -0.3 is 4.42 Å². The predicted molar refractivity (Wildman–Crippen MR) is 113 cm³/mol. The van der Waals surface area contributed by atoms with E-state index in [0.29, 0.717) is 23.2 Å². The molecule has 2 aromatic heterocycles. The number of carbonyl (C=O) groups is 1. The van der Waals surface area contributed by atoms with Gasteiger partial charge in [-0.15, -0.1) is 0 Å². The number of pyridine rings is 1. The summed E-state index contributed by atoms with van der Waals surface area (Å²) in [5.74, 6) is -0.830. The second-order valence-electron chi connectivity index (χ2n) is 7.30. The van der Waals surface area contributed by atoms with Crippen molar-refractivity contribution in [2.75, 3.05) is 6.26 Å². The van der Waals surface area contributed by atoms with Gasteiger partial charge in [0, 0.05) is 18.4 Å². The molecule has 2 aromatic carbocycles. The van der Waals surface area contributed by atoms with E-state index < -0.39 is 15.8 Å². The summed E-state index contributed by atoms with van der Waals surface area (Å²) in [5.41, 5.74) is 2.37. The maximum atomic E-state index is 13.3. The Morgan fingerprint density at radius 2 is 1.77 bits per heavy atom. The number of carbonyl (C=O) groups excluding carboxylic acids is 1. The molecule has 0 saturated carbocycles. The normalized spacial score (nSPS) is 12.7. The lowest BCUT2D eigenvalue weighted by Crippen LogP contribution is -2.18. The van der Waals surface area contributed by atoms with E-state index in [1.807, 2.05) is 0 Å². The second kappa shape index (κ2) is 8.39. The van der Waals surface area contributed by atoms with Crippen molar-refractivity contribution in [2.45, 2.75) is 23.7 Å². The number of fused-ring (bicyclic) bond motifs is 1. The standard InChI is InChI=1S/C23H19FN2O4S/c1-31(28,29)18-10-6-16(7-11-18)19(13-15-4-8-17(24)9-5-15)20(27)14-22-26-23-21(30-22)3-2-12-25-23/h2-12,19H,13-14H2,1H3. The van der Waals surface area contributed by atoms with E-state index in [2.05, 4.69) is 9.97 Å². The maximum absolute atomic E-state index is 13.3. The molecule has 158 valence electrons. The van der Waals surface area contributed by atoms with Gasteiger partial charge in [0.2, 0.25) is 5.89 Å². The fourth-order valence-electron chi connectivity index (χ4n) is 3.38. The van der Waals surface area contributed by atoms with Crippen LogP contribution in [-0.2, 0) is 27.5 Å². The lowest BCUT2D eigenvalue weighted by Gasteiger charge is -2.16. The molecule has 6 nitrogen and oxygen atoms in total. The minimum absolute atomic E-state index is 0.0456. The number of ketones is 1. The third kappa shape index (κ3) is 4.86. The maximum Gasteiger partial charge on any atom is 0.204 e. The van der Waals surface area contributed by atoms with Crippen molar-refractivity contribution in [1.82, 2.24) is 9.97 Å². The van der Waals surface area contributed by atoms with Crippen LogP contribution in [0.3, 0.4) is 0 Å². The van der Waals surface area contributed by atoms with Gasteiger partial charge >= 0.3 is 0 Å². The van der Waals surface area contributed by atoms with E-state index in [0.717, 1.165) is 11.8 Å². The Bertz CT molecular complexity index is 1300. The van der Waals surface area contributed by atoms with Crippen molar-refractivity contribution in [1.29, 1.82) is 0 Å². The number of hydrogen-bond acceptors (Lipinski definition) is 6. The molecule has 0 N–H and O–H groups in total. The monoisotopic (exact) mass is 438 g/mol. The van der Waals surface area contributed by atoms with Crippen molar-refractivity contribution in [2.24, 2.45) is 0 Å². The summed E-state index contributed by atoms with van der Waals surface area (Å²) in [6, 6.07) is 15.6. The first-order chi connectivity index (χ1) is 14.8. The SMILES string of the molecule is CS(=O)(=O)c1ccc(C(Cc2ccc(F)cc2)C(=O)Cc2nc3ncccc3o2)cc1. The van der Waals surface area contributed by atoms with Crippen LogP contribution in [0.5, 0.6) is 0 Å². The van der Waals surface area contributed by atoms with Crippen LogP contribution in [0.4, 0.5) is 4.39 Å². The van der Waals surface area contributed by atoms with Crippen LogP contribution >= 0.6 is 0 Å². The van der Waals surface area contributed by atoms with Gasteiger partial charge in [0.1, 0.15) is 11.6 Å². The number of rotatable bonds is 7. The van der Waals surface area contributed by atoms with Gasteiger partial charge in [-0.25, -0.2) is 17.8 Å². The summed E-state index contributed by atoms with van der Waals surface area (Å²) in [6.07, 6.45) is 3.01. The number of nitrogens with zero attached hydrogens (tertiary/aromatic N) is 2. The van der Waals surface area contributed by atoms with Gasteiger partial charge in [-0.05, 0) is 53.9 Å². The van der Waals surface area contributed by atoms with E-state index in [1.165, 1.54) is 24.3 Å². The Balaban J connectivity index is 1.64. The molecule has 0 bridgehead atoms. The number of benzene rings is 2. The van der Waals surface area contributed by atoms with Gasteiger partial charge in [0.25, 0.3) is 0 Å². The smallest absolute Gasteiger partial charge is 0.204 e. The molecular formula is C23H19FN2O4S. The molecule has 0 aliphatic carbocycles. The molecule has 0 amide bonds. The molecule has 2 heterocycles. The van der Waals surface area contributed by atoms with E-state index in [9.17, 15) is 17.6 Å². The molecule has 1 unspecified atom stereocenters. The molecule has 0 aliphatic rings. The minimum atomic E-state index is -3.35. The molecule has 4 aromatic rings. The topological polar surface area (TPSA) is 90.1 Å². The Morgan fingerprint density at radius 3 is 2.42 bits per heavy atom. The fourth-order valence-corrected chi connectivity index (χ4v) is 4.01. The predicted octanol–water partition coefficient (Wildman–Crippen LogP) is 3.90. The van der Waals surface area contributed by atoms with Crippen LogP contribution in [0.15, 0.2) is 76.2 Å². The largest absolute Gasteiger partial charge is 0.438 e. The van der Waals surface area contributed by atoms with E-state index in [-0.39, 0.29) is 28.8 Å². The lowest BCUT2D eigenvalue weighted by molar-refractivity contribution is -0.120. The average molecular weight is 438 g/mol. The molecule has 8 heteroatoms.